The van der Waals surface area contributed by atoms with E-state index in [0.717, 1.165) is 83.5 Å². The average molecular weight is 968 g/mol. The Morgan fingerprint density at radius 1 is 0.290 bits per heavy atom. The van der Waals surface area contributed by atoms with Gasteiger partial charge in [0.1, 0.15) is 13.2 Å². The molecule has 1 atom stereocenters. The Balaban J connectivity index is 4.39. The summed E-state index contributed by atoms with van der Waals surface area (Å²) in [5.74, 6) is -0.888. The Hall–Kier alpha value is -2.63. The third kappa shape index (κ3) is 56.2. The maximum Gasteiger partial charge on any atom is 0.306 e. The molecule has 0 heterocycles. The predicted molar refractivity (Wildman–Crippen MR) is 298 cm³/mol. The molecule has 0 radical (unpaired) electrons. The van der Waals surface area contributed by atoms with E-state index in [9.17, 15) is 14.4 Å². The van der Waals surface area contributed by atoms with Crippen molar-refractivity contribution in [3.8, 4) is 0 Å². The number of hydrogen-bond donors (Lipinski definition) is 0. The van der Waals surface area contributed by atoms with Crippen molar-refractivity contribution in [2.24, 2.45) is 0 Å². The van der Waals surface area contributed by atoms with Crippen LogP contribution >= 0.6 is 0 Å². The standard InChI is InChI=1S/C63H114O6/c1-4-7-10-13-16-19-22-25-28-31-34-37-40-43-46-49-52-55-61(64)67-58-60(69-63(66)57-54-51-48-45-42-39-36-33-30-27-24-21-18-15-12-9-6-3)59-68-62(65)56-53-50-47-44-41-38-35-32-29-26-23-20-17-14-11-8-5-2/h16,19,25,27-28,30,34,37,60H,4-15,17-18,20-24,26,29,31-33,35-36,38-59H2,1-3H3/b19-16+,28-25+,30-27+,37-34+/t60-/m0/s1. The van der Waals surface area contributed by atoms with Crippen molar-refractivity contribution in [2.75, 3.05) is 13.2 Å². The summed E-state index contributed by atoms with van der Waals surface area (Å²) in [7, 11) is 0. The van der Waals surface area contributed by atoms with Crippen LogP contribution in [0, 0.1) is 0 Å². The molecule has 0 aliphatic heterocycles. The van der Waals surface area contributed by atoms with Crippen molar-refractivity contribution in [2.45, 2.75) is 322 Å². The van der Waals surface area contributed by atoms with E-state index in [1.54, 1.807) is 0 Å². The van der Waals surface area contributed by atoms with Crippen molar-refractivity contribution in [3.05, 3.63) is 48.6 Å². The van der Waals surface area contributed by atoms with Crippen LogP contribution in [0.2, 0.25) is 0 Å². The van der Waals surface area contributed by atoms with E-state index in [0.29, 0.717) is 19.3 Å². The van der Waals surface area contributed by atoms with Crippen LogP contribution in [0.15, 0.2) is 48.6 Å². The molecular formula is C63H114O6. The predicted octanol–water partition coefficient (Wildman–Crippen LogP) is 20.2. The van der Waals surface area contributed by atoms with Crippen LogP contribution in [-0.2, 0) is 28.6 Å². The average Bonchev–Trinajstić information content (AvgIpc) is 3.35. The highest BCUT2D eigenvalue weighted by molar-refractivity contribution is 5.71. The summed E-state index contributed by atoms with van der Waals surface area (Å²) >= 11 is 0. The highest BCUT2D eigenvalue weighted by Crippen LogP contribution is 2.16. The van der Waals surface area contributed by atoms with Crippen molar-refractivity contribution < 1.29 is 28.6 Å². The van der Waals surface area contributed by atoms with E-state index in [2.05, 4.69) is 69.4 Å². The molecule has 0 rings (SSSR count). The van der Waals surface area contributed by atoms with Gasteiger partial charge in [-0.2, -0.15) is 0 Å². The molecule has 0 spiro atoms. The molecule has 6 nitrogen and oxygen atoms in total. The second-order valence-electron chi connectivity index (χ2n) is 20.3. The SMILES string of the molecule is CCCCC/C=C/C/C=C/C/C=C/CCCCCCC(=O)OC[C@@H](COC(=O)CCCCCCCCCCCCCCCCCCC)OC(=O)CCCCCCCCC/C=C/CCCCCCCC. The van der Waals surface area contributed by atoms with Gasteiger partial charge in [0.05, 0.1) is 0 Å². The highest BCUT2D eigenvalue weighted by atomic mass is 16.6. The van der Waals surface area contributed by atoms with E-state index in [-0.39, 0.29) is 31.1 Å². The van der Waals surface area contributed by atoms with Crippen LogP contribution in [-0.4, -0.2) is 37.2 Å². The molecule has 0 saturated heterocycles. The van der Waals surface area contributed by atoms with Crippen molar-refractivity contribution in [1.82, 2.24) is 0 Å². The first-order valence-corrected chi connectivity index (χ1v) is 30.1. The molecule has 0 aliphatic carbocycles. The van der Waals surface area contributed by atoms with Gasteiger partial charge in [-0.15, -0.1) is 0 Å². The summed E-state index contributed by atoms with van der Waals surface area (Å²) < 4.78 is 16.9. The molecule has 6 heteroatoms. The first-order chi connectivity index (χ1) is 34.0. The van der Waals surface area contributed by atoms with Crippen LogP contribution in [0.1, 0.15) is 316 Å². The molecule has 402 valence electrons. The molecule has 0 aliphatic rings. The number of hydrogen-bond acceptors (Lipinski definition) is 6. The topological polar surface area (TPSA) is 78.9 Å². The molecule has 0 aromatic rings. The maximum absolute atomic E-state index is 12.9. The molecule has 0 aromatic heterocycles. The maximum atomic E-state index is 12.9. The molecule has 0 N–H and O–H groups in total. The summed E-state index contributed by atoms with van der Waals surface area (Å²) in [5.41, 5.74) is 0. The van der Waals surface area contributed by atoms with Gasteiger partial charge in [-0.3, -0.25) is 14.4 Å². The second kappa shape index (κ2) is 57.9. The van der Waals surface area contributed by atoms with Gasteiger partial charge in [0, 0.05) is 19.3 Å². The zero-order chi connectivity index (χ0) is 50.0. The zero-order valence-corrected chi connectivity index (χ0v) is 46.1. The molecule has 0 amide bonds. The lowest BCUT2D eigenvalue weighted by molar-refractivity contribution is -0.167. The van der Waals surface area contributed by atoms with E-state index < -0.39 is 6.10 Å². The fourth-order valence-electron chi connectivity index (χ4n) is 8.74. The first-order valence-electron chi connectivity index (χ1n) is 30.1. The van der Waals surface area contributed by atoms with E-state index in [1.165, 1.54) is 193 Å². The smallest absolute Gasteiger partial charge is 0.306 e. The number of esters is 3. The lowest BCUT2D eigenvalue weighted by Gasteiger charge is -2.18. The van der Waals surface area contributed by atoms with Crippen molar-refractivity contribution >= 4 is 17.9 Å². The van der Waals surface area contributed by atoms with Gasteiger partial charge in [-0.1, -0.05) is 262 Å². The quantitative estimate of drug-likeness (QED) is 0.0262. The molecular weight excluding hydrogens is 853 g/mol. The lowest BCUT2D eigenvalue weighted by atomic mass is 10.0. The Morgan fingerprint density at radius 3 is 0.855 bits per heavy atom. The number of carbonyl (C=O) groups is 3. The van der Waals surface area contributed by atoms with Crippen LogP contribution in [0.25, 0.3) is 0 Å². The normalized spacial score (nSPS) is 12.3. The molecule has 0 unspecified atom stereocenters. The molecule has 0 aromatic carbocycles. The zero-order valence-electron chi connectivity index (χ0n) is 46.1. The van der Waals surface area contributed by atoms with Gasteiger partial charge >= 0.3 is 17.9 Å². The minimum atomic E-state index is -0.783. The van der Waals surface area contributed by atoms with Crippen LogP contribution in [0.3, 0.4) is 0 Å². The summed E-state index contributed by atoms with van der Waals surface area (Å²) in [6.45, 7) is 6.63. The Kier molecular flexibility index (Phi) is 55.7. The Morgan fingerprint density at radius 2 is 0.522 bits per heavy atom. The van der Waals surface area contributed by atoms with E-state index >= 15 is 0 Å². The Bertz CT molecular complexity index is 1200. The van der Waals surface area contributed by atoms with Gasteiger partial charge in [0.25, 0.3) is 0 Å². The third-order valence-corrected chi connectivity index (χ3v) is 13.3. The summed E-state index contributed by atoms with van der Waals surface area (Å²) in [6, 6.07) is 0. The Labute approximate surface area is 428 Å². The minimum absolute atomic E-state index is 0.0788. The van der Waals surface area contributed by atoms with E-state index in [1.807, 2.05) is 0 Å². The van der Waals surface area contributed by atoms with Crippen LogP contribution < -0.4 is 0 Å². The highest BCUT2D eigenvalue weighted by Gasteiger charge is 2.19. The van der Waals surface area contributed by atoms with Crippen molar-refractivity contribution in [1.29, 1.82) is 0 Å². The van der Waals surface area contributed by atoms with Crippen LogP contribution in [0.4, 0.5) is 0 Å². The molecule has 0 fully saturated rings. The monoisotopic (exact) mass is 967 g/mol. The lowest BCUT2D eigenvalue weighted by Crippen LogP contribution is -2.30. The number of unbranched alkanes of at least 4 members (excludes halogenated alkanes) is 36. The van der Waals surface area contributed by atoms with Gasteiger partial charge in [0.15, 0.2) is 6.10 Å². The number of carbonyl (C=O) groups excluding carboxylic acids is 3. The van der Waals surface area contributed by atoms with Crippen LogP contribution in [0.5, 0.6) is 0 Å². The van der Waals surface area contributed by atoms with Crippen molar-refractivity contribution in [3.63, 3.8) is 0 Å². The second-order valence-corrected chi connectivity index (χ2v) is 20.3. The molecule has 0 saturated carbocycles. The number of ether oxygens (including phenoxy) is 3. The number of allylic oxidation sites excluding steroid dienone is 8. The summed E-state index contributed by atoms with van der Waals surface area (Å²) in [6.07, 6.45) is 71.0. The number of rotatable bonds is 55. The van der Waals surface area contributed by atoms with Gasteiger partial charge in [-0.25, -0.2) is 0 Å². The van der Waals surface area contributed by atoms with Gasteiger partial charge in [0.2, 0.25) is 0 Å². The summed E-state index contributed by atoms with van der Waals surface area (Å²) in [5, 5.41) is 0. The molecule has 69 heavy (non-hydrogen) atoms. The largest absolute Gasteiger partial charge is 0.462 e. The third-order valence-electron chi connectivity index (χ3n) is 13.3. The summed E-state index contributed by atoms with van der Waals surface area (Å²) in [4.78, 5) is 38.2. The van der Waals surface area contributed by atoms with E-state index in [4.69, 9.17) is 14.2 Å². The van der Waals surface area contributed by atoms with Gasteiger partial charge < -0.3 is 14.2 Å². The van der Waals surface area contributed by atoms with Gasteiger partial charge in [-0.05, 0) is 83.5 Å². The molecule has 0 bridgehead atoms. The first kappa shape index (κ1) is 66.4. The fourth-order valence-corrected chi connectivity index (χ4v) is 8.74. The minimum Gasteiger partial charge on any atom is -0.462 e. The fraction of sp³-hybridized carbons (Fsp3) is 0.825.